The molecule has 2 N–H and O–H groups in total. The van der Waals surface area contributed by atoms with E-state index >= 15 is 0 Å². The summed E-state index contributed by atoms with van der Waals surface area (Å²) in [6, 6.07) is 9.71. The van der Waals surface area contributed by atoms with Crippen LogP contribution in [0.4, 0.5) is 0 Å². The average Bonchev–Trinajstić information content (AvgIpc) is 2.93. The number of ether oxygens (including phenoxy) is 1. The van der Waals surface area contributed by atoms with Crippen LogP contribution in [-0.2, 0) is 9.53 Å². The number of carbonyl (C=O) groups excluding carboxylic acids is 2. The molecule has 134 valence electrons. The van der Waals surface area contributed by atoms with Gasteiger partial charge in [-0.15, -0.1) is 0 Å². The number of fused-ring (bicyclic) bond motifs is 2. The molecule has 0 aromatic heterocycles. The van der Waals surface area contributed by atoms with Gasteiger partial charge in [0, 0.05) is 30.2 Å². The van der Waals surface area contributed by atoms with E-state index in [9.17, 15) is 9.59 Å². The molecule has 1 aromatic carbocycles. The number of amides is 2. The largest absolute Gasteiger partial charge is 0.378 e. The first-order chi connectivity index (χ1) is 12.2. The minimum atomic E-state index is -0.215. The van der Waals surface area contributed by atoms with Crippen molar-refractivity contribution in [2.24, 2.45) is 0 Å². The van der Waals surface area contributed by atoms with E-state index in [4.69, 9.17) is 4.74 Å². The second kappa shape index (κ2) is 7.14. The first-order valence-corrected chi connectivity index (χ1v) is 9.21. The van der Waals surface area contributed by atoms with Gasteiger partial charge in [0.05, 0.1) is 13.2 Å². The van der Waals surface area contributed by atoms with Crippen molar-refractivity contribution >= 4 is 11.8 Å². The lowest BCUT2D eigenvalue weighted by Gasteiger charge is -2.41. The van der Waals surface area contributed by atoms with Crippen molar-refractivity contribution in [2.75, 3.05) is 19.8 Å². The highest BCUT2D eigenvalue weighted by molar-refractivity contribution is 5.94. The number of nitrogens with one attached hydrogen (secondary N) is 2. The number of rotatable bonds is 3. The van der Waals surface area contributed by atoms with Crippen molar-refractivity contribution < 1.29 is 14.3 Å². The van der Waals surface area contributed by atoms with Crippen molar-refractivity contribution in [1.29, 1.82) is 0 Å². The molecule has 0 saturated carbocycles. The first kappa shape index (κ1) is 16.5. The summed E-state index contributed by atoms with van der Waals surface area (Å²) in [6.45, 7) is 1.86. The molecule has 2 amide bonds. The molecule has 3 saturated heterocycles. The minimum Gasteiger partial charge on any atom is -0.378 e. The summed E-state index contributed by atoms with van der Waals surface area (Å²) < 4.78 is 5.44. The van der Waals surface area contributed by atoms with Crippen LogP contribution in [0.3, 0.4) is 0 Å². The van der Waals surface area contributed by atoms with E-state index in [1.165, 1.54) is 0 Å². The molecule has 0 spiro atoms. The van der Waals surface area contributed by atoms with Gasteiger partial charge in [-0.3, -0.25) is 9.59 Å². The van der Waals surface area contributed by atoms with Crippen molar-refractivity contribution in [2.45, 2.75) is 49.9 Å². The molecule has 3 aliphatic heterocycles. The van der Waals surface area contributed by atoms with Crippen molar-refractivity contribution in [3.63, 3.8) is 0 Å². The van der Waals surface area contributed by atoms with Gasteiger partial charge in [-0.1, -0.05) is 18.2 Å². The van der Waals surface area contributed by atoms with Crippen LogP contribution in [0.2, 0.25) is 0 Å². The summed E-state index contributed by atoms with van der Waals surface area (Å²) in [5, 5.41) is 6.42. The Morgan fingerprint density at radius 2 is 1.84 bits per heavy atom. The molecule has 6 nitrogen and oxygen atoms in total. The number of morpholine rings is 1. The average molecular weight is 343 g/mol. The van der Waals surface area contributed by atoms with E-state index < -0.39 is 0 Å². The van der Waals surface area contributed by atoms with Gasteiger partial charge >= 0.3 is 0 Å². The monoisotopic (exact) mass is 343 g/mol. The number of benzene rings is 1. The van der Waals surface area contributed by atoms with Crippen molar-refractivity contribution in [3.05, 3.63) is 35.9 Å². The molecule has 1 unspecified atom stereocenters. The second-order valence-corrected chi connectivity index (χ2v) is 7.22. The van der Waals surface area contributed by atoms with Gasteiger partial charge in [0.25, 0.3) is 5.91 Å². The molecule has 6 heteroatoms. The van der Waals surface area contributed by atoms with E-state index in [1.807, 2.05) is 30.3 Å². The Balaban J connectivity index is 1.38. The van der Waals surface area contributed by atoms with Crippen LogP contribution in [-0.4, -0.2) is 60.6 Å². The standard InChI is InChI=1S/C19H25N3O3/c23-18(13-4-2-1-3-5-13)21-14-10-15-6-7-16(11-14)22(15)19(24)17-12-25-9-8-20-17/h1-5,14-17,20H,6-12H2,(H,21,23)/t14?,15-,16+,17-/m1/s1. The SMILES string of the molecule is O=C(NC1C[C@H]2CC[C@@H](C1)N2C(=O)[C@H]1COCCN1)c1ccccc1. The first-order valence-electron chi connectivity index (χ1n) is 9.21. The zero-order chi connectivity index (χ0) is 17.2. The topological polar surface area (TPSA) is 70.7 Å². The quantitative estimate of drug-likeness (QED) is 0.856. The third kappa shape index (κ3) is 3.41. The number of hydrogen-bond donors (Lipinski definition) is 2. The maximum absolute atomic E-state index is 12.9. The van der Waals surface area contributed by atoms with E-state index in [-0.39, 0.29) is 36.0 Å². The smallest absolute Gasteiger partial charge is 0.251 e. The molecule has 2 bridgehead atoms. The molecule has 0 radical (unpaired) electrons. The van der Waals surface area contributed by atoms with E-state index in [2.05, 4.69) is 15.5 Å². The Bertz CT molecular complexity index is 616. The maximum Gasteiger partial charge on any atom is 0.251 e. The van der Waals surface area contributed by atoms with Crippen LogP contribution in [0.15, 0.2) is 30.3 Å². The Morgan fingerprint density at radius 1 is 1.12 bits per heavy atom. The summed E-state index contributed by atoms with van der Waals surface area (Å²) in [4.78, 5) is 27.3. The minimum absolute atomic E-state index is 0.0212. The van der Waals surface area contributed by atoms with Crippen LogP contribution >= 0.6 is 0 Å². The second-order valence-electron chi connectivity index (χ2n) is 7.22. The van der Waals surface area contributed by atoms with Gasteiger partial charge in [0.15, 0.2) is 0 Å². The lowest BCUT2D eigenvalue weighted by molar-refractivity contribution is -0.141. The van der Waals surface area contributed by atoms with Gasteiger partial charge in [-0.25, -0.2) is 0 Å². The maximum atomic E-state index is 12.9. The predicted octanol–water partition coefficient (Wildman–Crippen LogP) is 0.927. The van der Waals surface area contributed by atoms with Crippen molar-refractivity contribution in [3.8, 4) is 0 Å². The van der Waals surface area contributed by atoms with Gasteiger partial charge in [0.2, 0.25) is 5.91 Å². The van der Waals surface area contributed by atoms with Crippen LogP contribution in [0, 0.1) is 0 Å². The van der Waals surface area contributed by atoms with E-state index in [0.717, 1.165) is 32.2 Å². The molecule has 1 aromatic rings. The predicted molar refractivity (Wildman–Crippen MR) is 93.2 cm³/mol. The van der Waals surface area contributed by atoms with Crippen LogP contribution < -0.4 is 10.6 Å². The van der Waals surface area contributed by atoms with Crippen LogP contribution in [0.5, 0.6) is 0 Å². The summed E-state index contributed by atoms with van der Waals surface area (Å²) in [7, 11) is 0. The zero-order valence-electron chi connectivity index (χ0n) is 14.3. The Labute approximate surface area is 147 Å². The number of hydrogen-bond acceptors (Lipinski definition) is 4. The van der Waals surface area contributed by atoms with E-state index in [0.29, 0.717) is 18.8 Å². The third-order valence-corrected chi connectivity index (χ3v) is 5.58. The van der Waals surface area contributed by atoms with E-state index in [1.54, 1.807) is 0 Å². The Kier molecular flexibility index (Phi) is 4.72. The molecule has 3 fully saturated rings. The molecule has 4 atom stereocenters. The molecule has 3 heterocycles. The van der Waals surface area contributed by atoms with Gasteiger partial charge in [0.1, 0.15) is 6.04 Å². The normalized spacial score (nSPS) is 31.6. The zero-order valence-corrected chi connectivity index (χ0v) is 14.3. The fourth-order valence-corrected chi connectivity index (χ4v) is 4.42. The fourth-order valence-electron chi connectivity index (χ4n) is 4.42. The highest BCUT2D eigenvalue weighted by Gasteiger charge is 2.45. The summed E-state index contributed by atoms with van der Waals surface area (Å²) in [6.07, 6.45) is 3.74. The molecule has 0 aliphatic carbocycles. The molecule has 25 heavy (non-hydrogen) atoms. The summed E-state index contributed by atoms with van der Waals surface area (Å²) in [5.74, 6) is 0.146. The summed E-state index contributed by atoms with van der Waals surface area (Å²) >= 11 is 0. The highest BCUT2D eigenvalue weighted by Crippen LogP contribution is 2.36. The molecular formula is C19H25N3O3. The molecule has 3 aliphatic rings. The van der Waals surface area contributed by atoms with Gasteiger partial charge in [-0.05, 0) is 37.8 Å². The number of carbonyl (C=O) groups is 2. The number of piperidine rings is 1. The lowest BCUT2D eigenvalue weighted by Crippen LogP contribution is -2.59. The van der Waals surface area contributed by atoms with Crippen LogP contribution in [0.25, 0.3) is 0 Å². The van der Waals surface area contributed by atoms with Gasteiger partial charge < -0.3 is 20.3 Å². The Hall–Kier alpha value is -1.92. The fraction of sp³-hybridized carbons (Fsp3) is 0.579. The van der Waals surface area contributed by atoms with Crippen LogP contribution in [0.1, 0.15) is 36.0 Å². The number of nitrogens with zero attached hydrogens (tertiary/aromatic N) is 1. The third-order valence-electron chi connectivity index (χ3n) is 5.58. The summed E-state index contributed by atoms with van der Waals surface area (Å²) in [5.41, 5.74) is 0.692. The highest BCUT2D eigenvalue weighted by atomic mass is 16.5. The molecule has 4 rings (SSSR count). The molecular weight excluding hydrogens is 318 g/mol. The lowest BCUT2D eigenvalue weighted by atomic mass is 9.96. The Morgan fingerprint density at radius 3 is 2.48 bits per heavy atom. The van der Waals surface area contributed by atoms with Crippen molar-refractivity contribution in [1.82, 2.24) is 15.5 Å². The van der Waals surface area contributed by atoms with Gasteiger partial charge in [-0.2, -0.15) is 0 Å².